The molecule has 0 radical (unpaired) electrons. The van der Waals surface area contributed by atoms with Gasteiger partial charge in [-0.1, -0.05) is 11.1 Å². The topological polar surface area (TPSA) is 113 Å². The Balaban J connectivity index is 1.16. The van der Waals surface area contributed by atoms with Crippen molar-refractivity contribution in [1.82, 2.24) is 9.80 Å². The average Bonchev–Trinajstić information content (AvgIpc) is 3.55. The Bertz CT molecular complexity index is 1610. The number of aliphatic imine (C=N–C) groups is 1. The van der Waals surface area contributed by atoms with Gasteiger partial charge in [-0.25, -0.2) is 0 Å². The lowest BCUT2D eigenvalue weighted by atomic mass is 10.1. The quantitative estimate of drug-likeness (QED) is 0.390. The predicted molar refractivity (Wildman–Crippen MR) is 170 cm³/mol. The number of amides is 2. The van der Waals surface area contributed by atoms with Crippen LogP contribution >= 0.6 is 0 Å². The van der Waals surface area contributed by atoms with E-state index in [1.165, 1.54) is 7.11 Å². The number of aliphatic hydroxyl groups excluding tert-OH is 1. The van der Waals surface area contributed by atoms with Gasteiger partial charge in [0.2, 0.25) is 0 Å². The maximum absolute atomic E-state index is 13.6. The predicted octanol–water partition coefficient (Wildman–Crippen LogP) is 5.05. The fraction of sp³-hybridized carbons (Fsp3) is 0.441. The zero-order valence-corrected chi connectivity index (χ0v) is 26.6. The van der Waals surface area contributed by atoms with Gasteiger partial charge in [0.05, 0.1) is 62.0 Å². The van der Waals surface area contributed by atoms with Crippen molar-refractivity contribution in [2.24, 2.45) is 4.99 Å². The Hall–Kier alpha value is -4.51. The van der Waals surface area contributed by atoms with Crippen LogP contribution in [0.1, 0.15) is 67.7 Å². The van der Waals surface area contributed by atoms with E-state index < -0.39 is 6.23 Å². The third-order valence-corrected chi connectivity index (χ3v) is 8.64. The standard InChI is InChI=1S/C34H40N4O7/c1-19(2)38-26-15-31(29(43-6)13-24(26)33(40)37-18-21(4)11-27(37)34(38)41)45-9-7-8-44-30-14-25-23(12-28(30)42-5)32(39)36-17-20(3)10-22(36)16-35-25/h12-19,22,27,34,41H,7-11H2,1-6H3/t22-,27-,34?/m0/s1. The van der Waals surface area contributed by atoms with E-state index in [2.05, 4.69) is 4.99 Å². The van der Waals surface area contributed by atoms with Crippen LogP contribution in [-0.2, 0) is 0 Å². The Labute approximate surface area is 263 Å². The first-order valence-electron chi connectivity index (χ1n) is 15.3. The van der Waals surface area contributed by atoms with E-state index >= 15 is 0 Å². The lowest BCUT2D eigenvalue weighted by Crippen LogP contribution is -2.50. The summed E-state index contributed by atoms with van der Waals surface area (Å²) in [5.41, 5.74) is 4.24. The molecule has 4 aliphatic heterocycles. The van der Waals surface area contributed by atoms with E-state index in [0.717, 1.165) is 17.6 Å². The van der Waals surface area contributed by atoms with Gasteiger partial charge < -0.3 is 38.8 Å². The minimum absolute atomic E-state index is 0.0741. The van der Waals surface area contributed by atoms with E-state index in [4.69, 9.17) is 18.9 Å². The maximum atomic E-state index is 13.6. The Morgan fingerprint density at radius 3 is 2.11 bits per heavy atom. The molecule has 238 valence electrons. The highest BCUT2D eigenvalue weighted by atomic mass is 16.5. The highest BCUT2D eigenvalue weighted by Gasteiger charge is 2.43. The van der Waals surface area contributed by atoms with Crippen LogP contribution in [0, 0.1) is 0 Å². The third kappa shape index (κ3) is 5.50. The zero-order valence-electron chi connectivity index (χ0n) is 26.6. The molecule has 0 spiro atoms. The smallest absolute Gasteiger partial charge is 0.260 e. The fourth-order valence-electron chi connectivity index (χ4n) is 6.51. The van der Waals surface area contributed by atoms with Crippen molar-refractivity contribution in [2.45, 2.75) is 71.3 Å². The summed E-state index contributed by atoms with van der Waals surface area (Å²) < 4.78 is 23.4. The van der Waals surface area contributed by atoms with Gasteiger partial charge in [0, 0.05) is 43.2 Å². The van der Waals surface area contributed by atoms with Gasteiger partial charge in [0.1, 0.15) is 6.23 Å². The monoisotopic (exact) mass is 616 g/mol. The molecule has 0 bridgehead atoms. The second-order valence-corrected chi connectivity index (χ2v) is 12.2. The number of methoxy groups -OCH3 is 2. The van der Waals surface area contributed by atoms with Crippen molar-refractivity contribution in [3.8, 4) is 23.0 Å². The first kappa shape index (κ1) is 30.5. The molecular weight excluding hydrogens is 576 g/mol. The van der Waals surface area contributed by atoms with Gasteiger partial charge in [-0.05, 0) is 52.7 Å². The minimum atomic E-state index is -0.883. The number of anilines is 1. The number of nitrogens with zero attached hydrogens (tertiary/aromatic N) is 4. The Morgan fingerprint density at radius 1 is 0.844 bits per heavy atom. The van der Waals surface area contributed by atoms with Gasteiger partial charge in [-0.2, -0.15) is 0 Å². The number of carbonyl (C=O) groups excluding carboxylic acids is 2. The van der Waals surface area contributed by atoms with Crippen LogP contribution in [0.15, 0.2) is 52.8 Å². The largest absolute Gasteiger partial charge is 0.493 e. The maximum Gasteiger partial charge on any atom is 0.260 e. The number of ether oxygens (including phenoxy) is 4. The molecule has 45 heavy (non-hydrogen) atoms. The molecular formula is C34H40N4O7. The minimum Gasteiger partial charge on any atom is -0.493 e. The molecule has 0 saturated heterocycles. The van der Waals surface area contributed by atoms with Crippen molar-refractivity contribution < 1.29 is 33.6 Å². The lowest BCUT2D eigenvalue weighted by molar-refractivity contribution is 0.0560. The summed E-state index contributed by atoms with van der Waals surface area (Å²) in [6, 6.07) is 6.36. The van der Waals surface area contributed by atoms with Crippen LogP contribution in [-0.4, -0.2) is 84.7 Å². The van der Waals surface area contributed by atoms with Crippen LogP contribution < -0.4 is 23.8 Å². The summed E-state index contributed by atoms with van der Waals surface area (Å²) in [6.07, 6.45) is 6.53. The molecule has 4 aliphatic rings. The van der Waals surface area contributed by atoms with Gasteiger partial charge in [-0.3, -0.25) is 14.6 Å². The first-order chi connectivity index (χ1) is 21.6. The second-order valence-electron chi connectivity index (χ2n) is 12.2. The fourth-order valence-corrected chi connectivity index (χ4v) is 6.51. The van der Waals surface area contributed by atoms with Gasteiger partial charge in [0.15, 0.2) is 23.0 Å². The SMILES string of the molecule is COc1cc2c(cc1OCCCOc1cc3c(cc1OC)C(=O)N1C=C(C)C[C@H]1C(O)N3C(C)C)N=C[C@@H]1CC(C)=CN1C2=O. The van der Waals surface area contributed by atoms with Crippen molar-refractivity contribution in [1.29, 1.82) is 0 Å². The highest BCUT2D eigenvalue weighted by Crippen LogP contribution is 2.43. The molecule has 4 heterocycles. The third-order valence-electron chi connectivity index (χ3n) is 8.64. The number of fused-ring (bicyclic) bond motifs is 4. The molecule has 2 aromatic carbocycles. The number of hydrogen-bond donors (Lipinski definition) is 1. The van der Waals surface area contributed by atoms with Gasteiger partial charge in [-0.15, -0.1) is 0 Å². The highest BCUT2D eigenvalue weighted by molar-refractivity contribution is 6.04. The summed E-state index contributed by atoms with van der Waals surface area (Å²) in [5, 5.41) is 11.4. The van der Waals surface area contributed by atoms with E-state index in [1.807, 2.05) is 51.2 Å². The summed E-state index contributed by atoms with van der Waals surface area (Å²) in [6.45, 7) is 8.57. The molecule has 0 saturated carbocycles. The van der Waals surface area contributed by atoms with Crippen molar-refractivity contribution >= 4 is 29.4 Å². The van der Waals surface area contributed by atoms with Crippen LogP contribution in [0.5, 0.6) is 23.0 Å². The number of benzene rings is 2. The molecule has 0 aliphatic carbocycles. The molecule has 2 aromatic rings. The summed E-state index contributed by atoms with van der Waals surface area (Å²) in [4.78, 5) is 36.7. The van der Waals surface area contributed by atoms with Crippen molar-refractivity contribution in [3.63, 3.8) is 0 Å². The molecule has 1 N–H and O–H groups in total. The van der Waals surface area contributed by atoms with Crippen LogP contribution in [0.3, 0.4) is 0 Å². The number of hydrogen-bond acceptors (Lipinski definition) is 9. The molecule has 11 heteroatoms. The molecule has 0 aromatic heterocycles. The number of aliphatic hydroxyl groups is 1. The lowest BCUT2D eigenvalue weighted by Gasteiger charge is -2.36. The summed E-state index contributed by atoms with van der Waals surface area (Å²) >= 11 is 0. The second kappa shape index (κ2) is 12.1. The normalized spacial score (nSPS) is 21.9. The summed E-state index contributed by atoms with van der Waals surface area (Å²) in [7, 11) is 3.08. The average molecular weight is 617 g/mol. The molecule has 11 nitrogen and oxygen atoms in total. The van der Waals surface area contributed by atoms with Gasteiger partial charge >= 0.3 is 0 Å². The van der Waals surface area contributed by atoms with Crippen LogP contribution in [0.25, 0.3) is 0 Å². The van der Waals surface area contributed by atoms with E-state index in [0.29, 0.717) is 71.6 Å². The Morgan fingerprint density at radius 2 is 1.44 bits per heavy atom. The molecule has 1 unspecified atom stereocenters. The molecule has 2 amide bonds. The van der Waals surface area contributed by atoms with Crippen molar-refractivity contribution in [3.05, 3.63) is 58.9 Å². The summed E-state index contributed by atoms with van der Waals surface area (Å²) in [5.74, 6) is 1.54. The van der Waals surface area contributed by atoms with Gasteiger partial charge in [0.25, 0.3) is 11.8 Å². The van der Waals surface area contributed by atoms with E-state index in [-0.39, 0.29) is 29.9 Å². The number of rotatable bonds is 9. The molecule has 6 rings (SSSR count). The van der Waals surface area contributed by atoms with E-state index in [1.54, 1.807) is 41.2 Å². The van der Waals surface area contributed by atoms with Crippen molar-refractivity contribution in [2.75, 3.05) is 32.3 Å². The molecule has 3 atom stereocenters. The molecule has 0 fully saturated rings. The number of carbonyl (C=O) groups is 2. The van der Waals surface area contributed by atoms with E-state index in [9.17, 15) is 14.7 Å². The zero-order chi connectivity index (χ0) is 32.0. The van der Waals surface area contributed by atoms with Crippen LogP contribution in [0.2, 0.25) is 0 Å². The first-order valence-corrected chi connectivity index (χ1v) is 15.3. The van der Waals surface area contributed by atoms with Crippen LogP contribution in [0.4, 0.5) is 11.4 Å². The Kier molecular flexibility index (Phi) is 8.22.